The standard InChI is InChI=1S/C13H22N2O2/c1-5-13(4,8-14)12(16)15-10(3)11-7-6-9(2)17-11/h6-7,10H,5,8,14H2,1-4H3,(H,15,16). The van der Waals surface area contributed by atoms with E-state index < -0.39 is 5.41 Å². The summed E-state index contributed by atoms with van der Waals surface area (Å²) in [4.78, 5) is 12.1. The molecular weight excluding hydrogens is 216 g/mol. The molecule has 0 bridgehead atoms. The first-order valence-electron chi connectivity index (χ1n) is 6.00. The number of nitrogens with one attached hydrogen (secondary N) is 1. The van der Waals surface area contributed by atoms with Gasteiger partial charge in [-0.3, -0.25) is 4.79 Å². The summed E-state index contributed by atoms with van der Waals surface area (Å²) < 4.78 is 5.48. The number of hydrogen-bond donors (Lipinski definition) is 2. The highest BCUT2D eigenvalue weighted by Crippen LogP contribution is 2.22. The topological polar surface area (TPSA) is 68.3 Å². The third-order valence-electron chi connectivity index (χ3n) is 3.31. The summed E-state index contributed by atoms with van der Waals surface area (Å²) in [5.74, 6) is 1.59. The van der Waals surface area contributed by atoms with Crippen molar-refractivity contribution in [2.75, 3.05) is 6.54 Å². The minimum Gasteiger partial charge on any atom is -0.464 e. The molecule has 4 nitrogen and oxygen atoms in total. The fourth-order valence-electron chi connectivity index (χ4n) is 1.53. The highest BCUT2D eigenvalue weighted by Gasteiger charge is 2.30. The lowest BCUT2D eigenvalue weighted by Gasteiger charge is -2.26. The smallest absolute Gasteiger partial charge is 0.227 e. The van der Waals surface area contributed by atoms with Crippen LogP contribution in [0, 0.1) is 12.3 Å². The molecule has 4 heteroatoms. The van der Waals surface area contributed by atoms with E-state index in [1.54, 1.807) is 0 Å². The second-order valence-corrected chi connectivity index (χ2v) is 4.76. The predicted octanol–water partition coefficient (Wildman–Crippen LogP) is 2.14. The Labute approximate surface area is 103 Å². The van der Waals surface area contributed by atoms with Crippen molar-refractivity contribution in [2.45, 2.75) is 40.2 Å². The zero-order valence-corrected chi connectivity index (χ0v) is 11.0. The van der Waals surface area contributed by atoms with Crippen LogP contribution in [0.1, 0.15) is 44.8 Å². The van der Waals surface area contributed by atoms with Gasteiger partial charge in [-0.15, -0.1) is 0 Å². The Morgan fingerprint density at radius 2 is 2.24 bits per heavy atom. The van der Waals surface area contributed by atoms with E-state index in [-0.39, 0.29) is 11.9 Å². The van der Waals surface area contributed by atoms with Gasteiger partial charge in [-0.1, -0.05) is 6.92 Å². The summed E-state index contributed by atoms with van der Waals surface area (Å²) in [6.45, 7) is 7.98. The van der Waals surface area contributed by atoms with Crippen LogP contribution < -0.4 is 11.1 Å². The van der Waals surface area contributed by atoms with Gasteiger partial charge in [0.15, 0.2) is 0 Å². The first-order valence-corrected chi connectivity index (χ1v) is 6.00. The van der Waals surface area contributed by atoms with Gasteiger partial charge >= 0.3 is 0 Å². The number of rotatable bonds is 5. The Kier molecular flexibility index (Phi) is 4.34. The molecule has 0 aromatic carbocycles. The van der Waals surface area contributed by atoms with Crippen molar-refractivity contribution in [3.63, 3.8) is 0 Å². The van der Waals surface area contributed by atoms with E-state index in [0.717, 1.165) is 17.9 Å². The zero-order chi connectivity index (χ0) is 13.1. The lowest BCUT2D eigenvalue weighted by atomic mass is 9.86. The van der Waals surface area contributed by atoms with E-state index >= 15 is 0 Å². The van der Waals surface area contributed by atoms with E-state index in [1.165, 1.54) is 0 Å². The first kappa shape index (κ1) is 13.8. The van der Waals surface area contributed by atoms with Crippen LogP contribution in [0.2, 0.25) is 0 Å². The van der Waals surface area contributed by atoms with Crippen molar-refractivity contribution in [1.82, 2.24) is 5.32 Å². The third-order valence-corrected chi connectivity index (χ3v) is 3.31. The van der Waals surface area contributed by atoms with Crippen molar-refractivity contribution in [3.8, 4) is 0 Å². The molecular formula is C13H22N2O2. The van der Waals surface area contributed by atoms with Crippen LogP contribution in [0.5, 0.6) is 0 Å². The van der Waals surface area contributed by atoms with E-state index in [9.17, 15) is 4.79 Å². The van der Waals surface area contributed by atoms with Gasteiger partial charge < -0.3 is 15.5 Å². The quantitative estimate of drug-likeness (QED) is 0.825. The SMILES string of the molecule is CCC(C)(CN)C(=O)NC(C)c1ccc(C)o1. The van der Waals surface area contributed by atoms with Gasteiger partial charge in [-0.25, -0.2) is 0 Å². The number of nitrogens with two attached hydrogens (primary N) is 1. The summed E-state index contributed by atoms with van der Waals surface area (Å²) >= 11 is 0. The fraction of sp³-hybridized carbons (Fsp3) is 0.615. The number of hydrogen-bond acceptors (Lipinski definition) is 3. The molecule has 96 valence electrons. The molecule has 0 spiro atoms. The largest absolute Gasteiger partial charge is 0.464 e. The second kappa shape index (κ2) is 5.36. The third kappa shape index (κ3) is 3.09. The summed E-state index contributed by atoms with van der Waals surface area (Å²) in [6, 6.07) is 3.64. The molecule has 0 saturated heterocycles. The van der Waals surface area contributed by atoms with Crippen LogP contribution >= 0.6 is 0 Å². The molecule has 17 heavy (non-hydrogen) atoms. The monoisotopic (exact) mass is 238 g/mol. The lowest BCUT2D eigenvalue weighted by Crippen LogP contribution is -2.44. The molecule has 2 unspecified atom stereocenters. The molecule has 2 atom stereocenters. The summed E-state index contributed by atoms with van der Waals surface area (Å²) in [6.07, 6.45) is 0.721. The molecule has 0 radical (unpaired) electrons. The van der Waals surface area contributed by atoms with Gasteiger partial charge in [-0.05, 0) is 39.3 Å². The van der Waals surface area contributed by atoms with E-state index in [0.29, 0.717) is 6.54 Å². The van der Waals surface area contributed by atoms with Crippen molar-refractivity contribution in [2.24, 2.45) is 11.1 Å². The number of amides is 1. The minimum absolute atomic E-state index is 0.0240. The van der Waals surface area contributed by atoms with Gasteiger partial charge in [-0.2, -0.15) is 0 Å². The maximum Gasteiger partial charge on any atom is 0.227 e. The number of aryl methyl sites for hydroxylation is 1. The fourth-order valence-corrected chi connectivity index (χ4v) is 1.53. The Morgan fingerprint density at radius 1 is 1.59 bits per heavy atom. The number of furan rings is 1. The molecule has 0 aliphatic carbocycles. The van der Waals surface area contributed by atoms with E-state index in [2.05, 4.69) is 5.32 Å². The number of carbonyl (C=O) groups is 1. The van der Waals surface area contributed by atoms with Crippen LogP contribution in [0.4, 0.5) is 0 Å². The van der Waals surface area contributed by atoms with Crippen molar-refractivity contribution >= 4 is 5.91 Å². The molecule has 3 N–H and O–H groups in total. The zero-order valence-electron chi connectivity index (χ0n) is 11.0. The Balaban J connectivity index is 2.69. The first-order chi connectivity index (χ1) is 7.92. The van der Waals surface area contributed by atoms with Crippen LogP contribution in [-0.2, 0) is 4.79 Å². The Morgan fingerprint density at radius 3 is 2.65 bits per heavy atom. The van der Waals surface area contributed by atoms with Crippen LogP contribution in [0.15, 0.2) is 16.5 Å². The molecule has 1 rings (SSSR count). The predicted molar refractivity (Wildman–Crippen MR) is 67.5 cm³/mol. The summed E-state index contributed by atoms with van der Waals surface area (Å²) in [5.41, 5.74) is 5.15. The average molecular weight is 238 g/mol. The van der Waals surface area contributed by atoms with Crippen LogP contribution in [-0.4, -0.2) is 12.5 Å². The molecule has 0 saturated carbocycles. The van der Waals surface area contributed by atoms with Gasteiger partial charge in [0.1, 0.15) is 11.5 Å². The van der Waals surface area contributed by atoms with Gasteiger partial charge in [0.05, 0.1) is 11.5 Å². The van der Waals surface area contributed by atoms with E-state index in [1.807, 2.05) is 39.8 Å². The van der Waals surface area contributed by atoms with Gasteiger partial charge in [0.2, 0.25) is 5.91 Å². The van der Waals surface area contributed by atoms with Crippen LogP contribution in [0.25, 0.3) is 0 Å². The number of carbonyl (C=O) groups excluding carboxylic acids is 1. The highest BCUT2D eigenvalue weighted by atomic mass is 16.3. The minimum atomic E-state index is -0.504. The molecule has 0 aliphatic heterocycles. The maximum absolute atomic E-state index is 12.1. The lowest BCUT2D eigenvalue weighted by molar-refractivity contribution is -0.130. The Hall–Kier alpha value is -1.29. The Bertz CT molecular complexity index is 381. The maximum atomic E-state index is 12.1. The van der Waals surface area contributed by atoms with Crippen molar-refractivity contribution < 1.29 is 9.21 Å². The van der Waals surface area contributed by atoms with Gasteiger partial charge in [0.25, 0.3) is 0 Å². The molecule has 1 heterocycles. The summed E-state index contributed by atoms with van der Waals surface area (Å²) in [7, 11) is 0. The van der Waals surface area contributed by atoms with E-state index in [4.69, 9.17) is 10.2 Å². The normalized spacial score (nSPS) is 16.3. The van der Waals surface area contributed by atoms with Crippen molar-refractivity contribution in [1.29, 1.82) is 0 Å². The average Bonchev–Trinajstić information content (AvgIpc) is 2.74. The molecule has 1 aromatic heterocycles. The molecule has 1 amide bonds. The molecule has 0 fully saturated rings. The molecule has 0 aliphatic rings. The van der Waals surface area contributed by atoms with Gasteiger partial charge in [0, 0.05) is 6.54 Å². The molecule has 1 aromatic rings. The van der Waals surface area contributed by atoms with Crippen molar-refractivity contribution in [3.05, 3.63) is 23.7 Å². The summed E-state index contributed by atoms with van der Waals surface area (Å²) in [5, 5.41) is 2.94. The highest BCUT2D eigenvalue weighted by molar-refractivity contribution is 5.82. The van der Waals surface area contributed by atoms with Crippen LogP contribution in [0.3, 0.4) is 0 Å². The second-order valence-electron chi connectivity index (χ2n) is 4.76.